The Bertz CT molecular complexity index is 1180. The second kappa shape index (κ2) is 4.11. The van der Waals surface area contributed by atoms with Gasteiger partial charge in [-0.05, 0) is 63.5 Å². The molecule has 0 amide bonds. The van der Waals surface area contributed by atoms with Crippen LogP contribution in [0.1, 0.15) is 5.56 Å². The molecule has 0 spiro atoms. The van der Waals surface area contributed by atoms with E-state index in [1.165, 1.54) is 43.3 Å². The standard InChI is InChI=1S/C21H14O/c1-13-2-3-14-11-15-4-5-17-18(20(15)12-16(14)10-13)6-7-21-19(17)8-9-22-21/h2-12H,1H3. The monoisotopic (exact) mass is 282 g/mol. The lowest BCUT2D eigenvalue weighted by atomic mass is 9.96. The second-order valence-corrected chi connectivity index (χ2v) is 5.98. The Hall–Kier alpha value is -2.80. The van der Waals surface area contributed by atoms with E-state index in [2.05, 4.69) is 67.6 Å². The summed E-state index contributed by atoms with van der Waals surface area (Å²) in [5.74, 6) is 0. The molecule has 0 fully saturated rings. The van der Waals surface area contributed by atoms with Crippen LogP contribution in [0.5, 0.6) is 0 Å². The SMILES string of the molecule is Cc1ccc2cc3ccc4c5ccoc5ccc4c3cc2c1. The van der Waals surface area contributed by atoms with E-state index in [4.69, 9.17) is 4.42 Å². The zero-order valence-electron chi connectivity index (χ0n) is 12.3. The van der Waals surface area contributed by atoms with Crippen LogP contribution < -0.4 is 0 Å². The molecule has 1 heterocycles. The van der Waals surface area contributed by atoms with Crippen LogP contribution in [0.3, 0.4) is 0 Å². The number of aryl methyl sites for hydroxylation is 1. The Morgan fingerprint density at radius 1 is 0.591 bits per heavy atom. The molecule has 104 valence electrons. The van der Waals surface area contributed by atoms with Crippen molar-refractivity contribution in [1.29, 1.82) is 0 Å². The van der Waals surface area contributed by atoms with Crippen molar-refractivity contribution < 1.29 is 4.42 Å². The largest absolute Gasteiger partial charge is 0.464 e. The molecule has 5 rings (SSSR count). The fourth-order valence-corrected chi connectivity index (χ4v) is 3.46. The van der Waals surface area contributed by atoms with Crippen LogP contribution in [-0.2, 0) is 0 Å². The molecule has 0 radical (unpaired) electrons. The molecule has 4 aromatic carbocycles. The first-order valence-corrected chi connectivity index (χ1v) is 7.53. The van der Waals surface area contributed by atoms with Gasteiger partial charge in [-0.2, -0.15) is 0 Å². The number of fused-ring (bicyclic) bond motifs is 6. The highest BCUT2D eigenvalue weighted by atomic mass is 16.3. The molecule has 0 aliphatic heterocycles. The normalized spacial score (nSPS) is 11.9. The fraction of sp³-hybridized carbons (Fsp3) is 0.0476. The van der Waals surface area contributed by atoms with Crippen LogP contribution in [0.4, 0.5) is 0 Å². The Labute approximate surface area is 127 Å². The minimum Gasteiger partial charge on any atom is -0.464 e. The van der Waals surface area contributed by atoms with Crippen LogP contribution in [0.2, 0.25) is 0 Å². The predicted octanol–water partition coefficient (Wildman–Crippen LogP) is 6.20. The van der Waals surface area contributed by atoms with Crippen molar-refractivity contribution in [2.45, 2.75) is 6.92 Å². The topological polar surface area (TPSA) is 13.1 Å². The molecule has 0 atom stereocenters. The van der Waals surface area contributed by atoms with Crippen LogP contribution >= 0.6 is 0 Å². The molecule has 0 N–H and O–H groups in total. The van der Waals surface area contributed by atoms with Crippen molar-refractivity contribution in [3.8, 4) is 0 Å². The minimum atomic E-state index is 0.948. The molecule has 0 aliphatic carbocycles. The lowest BCUT2D eigenvalue weighted by Gasteiger charge is -2.07. The van der Waals surface area contributed by atoms with Gasteiger partial charge in [0, 0.05) is 5.39 Å². The van der Waals surface area contributed by atoms with Crippen molar-refractivity contribution in [2.24, 2.45) is 0 Å². The third kappa shape index (κ3) is 1.54. The van der Waals surface area contributed by atoms with Crippen LogP contribution in [-0.4, -0.2) is 0 Å². The minimum absolute atomic E-state index is 0.948. The van der Waals surface area contributed by atoms with Crippen LogP contribution in [0.25, 0.3) is 43.3 Å². The summed E-state index contributed by atoms with van der Waals surface area (Å²) in [6, 6.07) is 21.9. The molecule has 0 saturated carbocycles. The van der Waals surface area contributed by atoms with E-state index >= 15 is 0 Å². The van der Waals surface area contributed by atoms with Gasteiger partial charge in [0.25, 0.3) is 0 Å². The van der Waals surface area contributed by atoms with E-state index in [1.807, 2.05) is 0 Å². The zero-order chi connectivity index (χ0) is 14.7. The molecular weight excluding hydrogens is 268 g/mol. The van der Waals surface area contributed by atoms with E-state index in [0.717, 1.165) is 5.58 Å². The van der Waals surface area contributed by atoms with Gasteiger partial charge in [-0.3, -0.25) is 0 Å². The third-order valence-corrected chi connectivity index (χ3v) is 4.56. The molecular formula is C21H14O. The Kier molecular flexibility index (Phi) is 2.21. The van der Waals surface area contributed by atoms with Gasteiger partial charge in [-0.25, -0.2) is 0 Å². The van der Waals surface area contributed by atoms with Crippen LogP contribution in [0.15, 0.2) is 71.3 Å². The van der Waals surface area contributed by atoms with Crippen molar-refractivity contribution in [1.82, 2.24) is 0 Å². The molecule has 0 bridgehead atoms. The average molecular weight is 282 g/mol. The highest BCUT2D eigenvalue weighted by molar-refractivity contribution is 6.18. The van der Waals surface area contributed by atoms with Crippen LogP contribution in [0, 0.1) is 6.92 Å². The molecule has 1 heteroatoms. The highest BCUT2D eigenvalue weighted by Gasteiger charge is 2.07. The number of rotatable bonds is 0. The van der Waals surface area contributed by atoms with Crippen molar-refractivity contribution in [3.63, 3.8) is 0 Å². The molecule has 1 nitrogen and oxygen atoms in total. The maximum absolute atomic E-state index is 5.52. The Balaban J connectivity index is 2.01. The van der Waals surface area contributed by atoms with Gasteiger partial charge in [0.2, 0.25) is 0 Å². The van der Waals surface area contributed by atoms with Gasteiger partial charge in [0.1, 0.15) is 5.58 Å². The lowest BCUT2D eigenvalue weighted by molar-refractivity contribution is 0.616. The van der Waals surface area contributed by atoms with E-state index < -0.39 is 0 Å². The molecule has 22 heavy (non-hydrogen) atoms. The first-order chi connectivity index (χ1) is 10.8. The summed E-state index contributed by atoms with van der Waals surface area (Å²) in [5, 5.41) is 8.91. The van der Waals surface area contributed by atoms with Gasteiger partial charge in [0.15, 0.2) is 0 Å². The maximum Gasteiger partial charge on any atom is 0.134 e. The maximum atomic E-state index is 5.52. The summed E-state index contributed by atoms with van der Waals surface area (Å²) in [6.07, 6.45) is 1.76. The van der Waals surface area contributed by atoms with E-state index in [1.54, 1.807) is 6.26 Å². The molecule has 0 aliphatic rings. The highest BCUT2D eigenvalue weighted by Crippen LogP contribution is 2.33. The van der Waals surface area contributed by atoms with E-state index in [0.29, 0.717) is 0 Å². The van der Waals surface area contributed by atoms with Crippen molar-refractivity contribution in [2.75, 3.05) is 0 Å². The Morgan fingerprint density at radius 2 is 1.41 bits per heavy atom. The zero-order valence-corrected chi connectivity index (χ0v) is 12.3. The van der Waals surface area contributed by atoms with Gasteiger partial charge in [0.05, 0.1) is 6.26 Å². The number of benzene rings is 4. The Morgan fingerprint density at radius 3 is 2.36 bits per heavy atom. The van der Waals surface area contributed by atoms with E-state index in [-0.39, 0.29) is 0 Å². The first kappa shape index (κ1) is 11.8. The quantitative estimate of drug-likeness (QED) is 0.243. The second-order valence-electron chi connectivity index (χ2n) is 5.98. The number of hydrogen-bond acceptors (Lipinski definition) is 1. The predicted molar refractivity (Wildman–Crippen MR) is 93.5 cm³/mol. The smallest absolute Gasteiger partial charge is 0.134 e. The fourth-order valence-electron chi connectivity index (χ4n) is 3.46. The van der Waals surface area contributed by atoms with Gasteiger partial charge >= 0.3 is 0 Å². The van der Waals surface area contributed by atoms with Gasteiger partial charge < -0.3 is 4.42 Å². The first-order valence-electron chi connectivity index (χ1n) is 7.53. The molecule has 1 aromatic heterocycles. The van der Waals surface area contributed by atoms with Gasteiger partial charge in [-0.1, -0.05) is 42.0 Å². The van der Waals surface area contributed by atoms with Gasteiger partial charge in [-0.15, -0.1) is 0 Å². The summed E-state index contributed by atoms with van der Waals surface area (Å²) >= 11 is 0. The average Bonchev–Trinajstić information content (AvgIpc) is 3.01. The van der Waals surface area contributed by atoms with Crippen molar-refractivity contribution in [3.05, 3.63) is 72.5 Å². The summed E-state index contributed by atoms with van der Waals surface area (Å²) in [7, 11) is 0. The number of hydrogen-bond donors (Lipinski definition) is 0. The molecule has 0 saturated heterocycles. The summed E-state index contributed by atoms with van der Waals surface area (Å²) in [4.78, 5) is 0. The summed E-state index contributed by atoms with van der Waals surface area (Å²) < 4.78 is 5.52. The van der Waals surface area contributed by atoms with E-state index in [9.17, 15) is 0 Å². The molecule has 5 aromatic rings. The molecule has 0 unspecified atom stereocenters. The lowest BCUT2D eigenvalue weighted by Crippen LogP contribution is -1.81. The third-order valence-electron chi connectivity index (χ3n) is 4.56. The summed E-state index contributed by atoms with van der Waals surface area (Å²) in [6.45, 7) is 2.14. The summed E-state index contributed by atoms with van der Waals surface area (Å²) in [5.41, 5.74) is 2.24. The number of furan rings is 1. The van der Waals surface area contributed by atoms with Crippen molar-refractivity contribution >= 4 is 43.3 Å².